The minimum absolute atomic E-state index is 0.601. The monoisotopic (exact) mass is 273 g/mol. The summed E-state index contributed by atoms with van der Waals surface area (Å²) >= 11 is 0. The first-order chi connectivity index (χ1) is 9.72. The van der Waals surface area contributed by atoms with E-state index in [1.807, 2.05) is 19.4 Å². The third-order valence-electron chi connectivity index (χ3n) is 4.08. The zero-order valence-electron chi connectivity index (χ0n) is 12.3. The van der Waals surface area contributed by atoms with E-state index in [2.05, 4.69) is 37.5 Å². The average Bonchev–Trinajstić information content (AvgIpc) is 3.11. The third kappa shape index (κ3) is 2.86. The van der Waals surface area contributed by atoms with Gasteiger partial charge in [0, 0.05) is 44.6 Å². The minimum atomic E-state index is 0.601. The maximum Gasteiger partial charge on any atom is 0.203 e. The largest absolute Gasteiger partial charge is 0.353 e. The molecule has 2 aromatic rings. The van der Waals surface area contributed by atoms with Gasteiger partial charge in [-0.3, -0.25) is 0 Å². The van der Waals surface area contributed by atoms with Crippen molar-refractivity contribution in [2.45, 2.75) is 51.6 Å². The van der Waals surface area contributed by atoms with Crippen molar-refractivity contribution in [3.8, 4) is 0 Å². The Bertz CT molecular complexity index is 563. The van der Waals surface area contributed by atoms with Gasteiger partial charge in [0.15, 0.2) is 0 Å². The van der Waals surface area contributed by atoms with E-state index in [0.29, 0.717) is 6.04 Å². The summed E-state index contributed by atoms with van der Waals surface area (Å²) in [4.78, 5) is 9.00. The summed E-state index contributed by atoms with van der Waals surface area (Å²) in [6.45, 7) is 2.97. The lowest BCUT2D eigenvalue weighted by molar-refractivity contribution is 0.642. The Labute approximate surface area is 120 Å². The average molecular weight is 273 g/mol. The van der Waals surface area contributed by atoms with Gasteiger partial charge >= 0.3 is 0 Å². The molecule has 0 amide bonds. The molecular formula is C15H23N5. The third-order valence-corrected chi connectivity index (χ3v) is 4.08. The molecule has 2 aromatic heterocycles. The van der Waals surface area contributed by atoms with E-state index < -0.39 is 0 Å². The molecule has 3 rings (SSSR count). The Morgan fingerprint density at radius 2 is 2.15 bits per heavy atom. The standard InChI is InChI=1S/C15H23N5/c1-12-11-20(9-7-14-16-8-10-19(14)2)15(17-12)18-13-5-3-4-6-13/h8,10-11,13H,3-7,9H2,1-2H3,(H,17,18). The fourth-order valence-corrected chi connectivity index (χ4v) is 2.94. The number of aromatic nitrogens is 4. The molecule has 0 radical (unpaired) electrons. The summed E-state index contributed by atoms with van der Waals surface area (Å²) in [5.41, 5.74) is 1.07. The first-order valence-corrected chi connectivity index (χ1v) is 7.49. The van der Waals surface area contributed by atoms with Gasteiger partial charge in [0.25, 0.3) is 0 Å². The fraction of sp³-hybridized carbons (Fsp3) is 0.600. The highest BCUT2D eigenvalue weighted by atomic mass is 15.2. The topological polar surface area (TPSA) is 47.7 Å². The number of hydrogen-bond donors (Lipinski definition) is 1. The van der Waals surface area contributed by atoms with Crippen LogP contribution in [0.1, 0.15) is 37.2 Å². The van der Waals surface area contributed by atoms with Gasteiger partial charge in [-0.05, 0) is 19.8 Å². The summed E-state index contributed by atoms with van der Waals surface area (Å²) in [7, 11) is 2.04. The van der Waals surface area contributed by atoms with Crippen molar-refractivity contribution in [3.05, 3.63) is 30.1 Å². The van der Waals surface area contributed by atoms with Gasteiger partial charge in [-0.1, -0.05) is 12.8 Å². The number of nitrogens with zero attached hydrogens (tertiary/aromatic N) is 4. The summed E-state index contributed by atoms with van der Waals surface area (Å²) in [6.07, 6.45) is 12.1. The molecule has 2 heterocycles. The lowest BCUT2D eigenvalue weighted by Crippen LogP contribution is -2.18. The number of aryl methyl sites for hydroxylation is 4. The second-order valence-electron chi connectivity index (χ2n) is 5.73. The van der Waals surface area contributed by atoms with Gasteiger partial charge in [-0.2, -0.15) is 0 Å². The molecule has 0 unspecified atom stereocenters. The predicted octanol–water partition coefficient (Wildman–Crippen LogP) is 2.52. The van der Waals surface area contributed by atoms with Crippen LogP contribution < -0.4 is 5.32 Å². The Kier molecular flexibility index (Phi) is 3.76. The van der Waals surface area contributed by atoms with Crippen molar-refractivity contribution in [3.63, 3.8) is 0 Å². The van der Waals surface area contributed by atoms with Gasteiger partial charge in [0.1, 0.15) is 5.82 Å². The van der Waals surface area contributed by atoms with Gasteiger partial charge < -0.3 is 14.5 Å². The van der Waals surface area contributed by atoms with Gasteiger partial charge in [-0.15, -0.1) is 0 Å². The van der Waals surface area contributed by atoms with Gasteiger partial charge in [-0.25, -0.2) is 9.97 Å². The molecule has 5 heteroatoms. The number of nitrogens with one attached hydrogen (secondary N) is 1. The van der Waals surface area contributed by atoms with E-state index in [0.717, 1.165) is 30.4 Å². The zero-order valence-corrected chi connectivity index (χ0v) is 12.3. The maximum atomic E-state index is 4.62. The summed E-state index contributed by atoms with van der Waals surface area (Å²) in [5, 5.41) is 3.60. The van der Waals surface area contributed by atoms with Crippen LogP contribution >= 0.6 is 0 Å². The second kappa shape index (κ2) is 5.69. The van der Waals surface area contributed by atoms with Gasteiger partial charge in [0.2, 0.25) is 5.95 Å². The normalized spacial score (nSPS) is 15.9. The van der Waals surface area contributed by atoms with Crippen LogP contribution in [0.25, 0.3) is 0 Å². The highest BCUT2D eigenvalue weighted by Gasteiger charge is 2.17. The van der Waals surface area contributed by atoms with E-state index in [-0.39, 0.29) is 0 Å². The zero-order chi connectivity index (χ0) is 13.9. The quantitative estimate of drug-likeness (QED) is 0.910. The number of anilines is 1. The van der Waals surface area contributed by atoms with Crippen LogP contribution in [0.5, 0.6) is 0 Å². The SMILES string of the molecule is Cc1cn(CCc2nccn2C)c(NC2CCCC2)n1. The van der Waals surface area contributed by atoms with Crippen molar-refractivity contribution in [1.82, 2.24) is 19.1 Å². The molecule has 1 saturated carbocycles. The maximum absolute atomic E-state index is 4.62. The van der Waals surface area contributed by atoms with E-state index in [1.165, 1.54) is 25.7 Å². The van der Waals surface area contributed by atoms with E-state index in [1.54, 1.807) is 0 Å². The van der Waals surface area contributed by atoms with Crippen molar-refractivity contribution in [1.29, 1.82) is 0 Å². The van der Waals surface area contributed by atoms with Crippen molar-refractivity contribution in [2.75, 3.05) is 5.32 Å². The molecule has 1 N–H and O–H groups in total. The van der Waals surface area contributed by atoms with E-state index in [4.69, 9.17) is 0 Å². The van der Waals surface area contributed by atoms with Crippen LogP contribution in [0.4, 0.5) is 5.95 Å². The van der Waals surface area contributed by atoms with Crippen LogP contribution in [0.2, 0.25) is 0 Å². The molecule has 0 saturated heterocycles. The van der Waals surface area contributed by atoms with Crippen LogP contribution in [0.15, 0.2) is 18.6 Å². The van der Waals surface area contributed by atoms with Crippen LogP contribution in [-0.2, 0) is 20.0 Å². The molecule has 0 aliphatic heterocycles. The number of rotatable bonds is 5. The second-order valence-corrected chi connectivity index (χ2v) is 5.73. The minimum Gasteiger partial charge on any atom is -0.353 e. The lowest BCUT2D eigenvalue weighted by Gasteiger charge is -2.14. The molecule has 0 atom stereocenters. The highest BCUT2D eigenvalue weighted by molar-refractivity contribution is 5.30. The molecule has 1 fully saturated rings. The molecule has 108 valence electrons. The van der Waals surface area contributed by atoms with E-state index >= 15 is 0 Å². The molecule has 1 aliphatic rings. The van der Waals surface area contributed by atoms with Crippen molar-refractivity contribution >= 4 is 5.95 Å². The Morgan fingerprint density at radius 1 is 1.35 bits per heavy atom. The van der Waals surface area contributed by atoms with Crippen LogP contribution in [-0.4, -0.2) is 25.1 Å². The van der Waals surface area contributed by atoms with Crippen LogP contribution in [0, 0.1) is 6.92 Å². The lowest BCUT2D eigenvalue weighted by atomic mass is 10.2. The smallest absolute Gasteiger partial charge is 0.203 e. The Hall–Kier alpha value is -1.78. The molecule has 0 bridgehead atoms. The van der Waals surface area contributed by atoms with Crippen molar-refractivity contribution in [2.24, 2.45) is 7.05 Å². The Balaban J connectivity index is 1.67. The first-order valence-electron chi connectivity index (χ1n) is 7.49. The van der Waals surface area contributed by atoms with E-state index in [9.17, 15) is 0 Å². The highest BCUT2D eigenvalue weighted by Crippen LogP contribution is 2.22. The molecule has 5 nitrogen and oxygen atoms in total. The van der Waals surface area contributed by atoms with Crippen molar-refractivity contribution < 1.29 is 0 Å². The predicted molar refractivity (Wildman–Crippen MR) is 79.8 cm³/mol. The fourth-order valence-electron chi connectivity index (χ4n) is 2.94. The molecule has 1 aliphatic carbocycles. The molecule has 0 spiro atoms. The van der Waals surface area contributed by atoms with Gasteiger partial charge in [0.05, 0.1) is 5.69 Å². The number of hydrogen-bond acceptors (Lipinski definition) is 3. The molecular weight excluding hydrogens is 250 g/mol. The summed E-state index contributed by atoms with van der Waals surface area (Å²) in [6, 6.07) is 0.601. The molecule has 0 aromatic carbocycles. The first kappa shape index (κ1) is 13.2. The number of imidazole rings is 2. The summed E-state index contributed by atoms with van der Waals surface area (Å²) < 4.78 is 4.30. The molecule has 20 heavy (non-hydrogen) atoms. The Morgan fingerprint density at radius 3 is 2.85 bits per heavy atom. The van der Waals surface area contributed by atoms with Crippen LogP contribution in [0.3, 0.4) is 0 Å². The summed E-state index contributed by atoms with van der Waals surface area (Å²) in [5.74, 6) is 2.13.